The largest absolute Gasteiger partial charge is 0.497 e. The number of carbonyl (C=O) groups excluding carboxylic acids is 1. The summed E-state index contributed by atoms with van der Waals surface area (Å²) in [5, 5.41) is 2.96. The van der Waals surface area contributed by atoms with Crippen LogP contribution in [0, 0.1) is 0 Å². The monoisotopic (exact) mass is 361 g/mol. The Morgan fingerprint density at radius 1 is 1.08 bits per heavy atom. The number of benzene rings is 1. The third-order valence-corrected chi connectivity index (χ3v) is 5.51. The molecule has 1 aromatic rings. The average molecular weight is 361 g/mol. The molecular weight excluding hydrogens is 330 g/mol. The average Bonchev–Trinajstić information content (AvgIpc) is 2.69. The van der Waals surface area contributed by atoms with Gasteiger partial charge in [-0.3, -0.25) is 9.69 Å². The van der Waals surface area contributed by atoms with Crippen LogP contribution in [0.15, 0.2) is 18.2 Å². The quantitative estimate of drug-likeness (QED) is 0.844. The molecule has 6 heteroatoms. The van der Waals surface area contributed by atoms with Crippen molar-refractivity contribution in [2.45, 2.75) is 38.1 Å². The first-order valence-corrected chi connectivity index (χ1v) is 9.68. The molecule has 0 aromatic heterocycles. The van der Waals surface area contributed by atoms with Crippen molar-refractivity contribution in [3.05, 3.63) is 18.2 Å². The fraction of sp³-hybridized carbons (Fsp3) is 0.650. The van der Waals surface area contributed by atoms with Crippen molar-refractivity contribution in [3.63, 3.8) is 0 Å². The van der Waals surface area contributed by atoms with E-state index in [1.165, 1.54) is 32.4 Å². The van der Waals surface area contributed by atoms with E-state index in [4.69, 9.17) is 9.47 Å². The van der Waals surface area contributed by atoms with Crippen molar-refractivity contribution in [2.24, 2.45) is 0 Å². The van der Waals surface area contributed by atoms with E-state index in [-0.39, 0.29) is 5.91 Å². The predicted molar refractivity (Wildman–Crippen MR) is 103 cm³/mol. The molecule has 2 heterocycles. The molecule has 0 aliphatic carbocycles. The number of nitrogens with zero attached hydrogens (tertiary/aromatic N) is 2. The standard InChI is InChI=1S/C20H31N3O3/c1-25-17-6-7-19(26-2)18(14-17)21-20(24)15-22-12-8-16(9-13-22)23-10-4-3-5-11-23/h6-7,14,16H,3-5,8-13,15H2,1-2H3,(H,21,24). The van der Waals surface area contributed by atoms with Gasteiger partial charge in [-0.15, -0.1) is 0 Å². The van der Waals surface area contributed by atoms with Gasteiger partial charge in [-0.05, 0) is 50.9 Å². The number of rotatable bonds is 6. The number of methoxy groups -OCH3 is 2. The number of piperidine rings is 2. The third kappa shape index (κ3) is 4.89. The van der Waals surface area contributed by atoms with E-state index in [9.17, 15) is 4.79 Å². The molecule has 2 aliphatic heterocycles. The lowest BCUT2D eigenvalue weighted by molar-refractivity contribution is -0.117. The molecule has 2 saturated heterocycles. The maximum absolute atomic E-state index is 12.5. The first-order chi connectivity index (χ1) is 12.7. The Labute approximate surface area is 156 Å². The van der Waals surface area contributed by atoms with E-state index in [0.717, 1.165) is 25.9 Å². The van der Waals surface area contributed by atoms with Crippen molar-refractivity contribution >= 4 is 11.6 Å². The number of ether oxygens (including phenoxy) is 2. The van der Waals surface area contributed by atoms with Gasteiger partial charge in [0.2, 0.25) is 5.91 Å². The zero-order valence-corrected chi connectivity index (χ0v) is 16.0. The maximum Gasteiger partial charge on any atom is 0.238 e. The molecule has 1 N–H and O–H groups in total. The summed E-state index contributed by atoms with van der Waals surface area (Å²) in [4.78, 5) is 17.4. The van der Waals surface area contributed by atoms with Crippen molar-refractivity contribution in [2.75, 3.05) is 52.3 Å². The summed E-state index contributed by atoms with van der Waals surface area (Å²) in [6, 6.07) is 6.12. The van der Waals surface area contributed by atoms with Gasteiger partial charge in [0.1, 0.15) is 11.5 Å². The zero-order valence-electron chi connectivity index (χ0n) is 16.0. The number of amides is 1. The van der Waals surface area contributed by atoms with Crippen LogP contribution in [0.4, 0.5) is 5.69 Å². The lowest BCUT2D eigenvalue weighted by atomic mass is 10.00. The minimum atomic E-state index is -0.00650. The highest BCUT2D eigenvalue weighted by atomic mass is 16.5. The zero-order chi connectivity index (χ0) is 18.4. The van der Waals surface area contributed by atoms with Crippen LogP contribution in [0.1, 0.15) is 32.1 Å². The second kappa shape index (κ2) is 9.24. The van der Waals surface area contributed by atoms with Crippen LogP contribution in [0.2, 0.25) is 0 Å². The van der Waals surface area contributed by atoms with Crippen LogP contribution in [-0.2, 0) is 4.79 Å². The summed E-state index contributed by atoms with van der Waals surface area (Å²) in [7, 11) is 3.21. The van der Waals surface area contributed by atoms with E-state index in [2.05, 4.69) is 15.1 Å². The second-order valence-electron chi connectivity index (χ2n) is 7.22. The van der Waals surface area contributed by atoms with Gasteiger partial charge in [-0.25, -0.2) is 0 Å². The molecule has 0 saturated carbocycles. The lowest BCUT2D eigenvalue weighted by Crippen LogP contribution is -2.48. The van der Waals surface area contributed by atoms with Crippen LogP contribution in [-0.4, -0.2) is 68.7 Å². The Bertz CT molecular complexity index is 594. The number of carbonyl (C=O) groups is 1. The van der Waals surface area contributed by atoms with Gasteiger partial charge < -0.3 is 19.7 Å². The Hall–Kier alpha value is -1.79. The summed E-state index contributed by atoms with van der Waals surface area (Å²) in [5.74, 6) is 1.33. The number of anilines is 1. The maximum atomic E-state index is 12.5. The van der Waals surface area contributed by atoms with Crippen LogP contribution < -0.4 is 14.8 Å². The minimum absolute atomic E-state index is 0.00650. The topological polar surface area (TPSA) is 54.0 Å². The molecule has 2 aliphatic rings. The van der Waals surface area contributed by atoms with Crippen molar-refractivity contribution in [3.8, 4) is 11.5 Å². The van der Waals surface area contributed by atoms with Gasteiger partial charge in [0.25, 0.3) is 0 Å². The minimum Gasteiger partial charge on any atom is -0.497 e. The fourth-order valence-electron chi connectivity index (χ4n) is 4.03. The van der Waals surface area contributed by atoms with Gasteiger partial charge in [-0.1, -0.05) is 6.42 Å². The van der Waals surface area contributed by atoms with E-state index in [0.29, 0.717) is 29.8 Å². The molecule has 6 nitrogen and oxygen atoms in total. The highest BCUT2D eigenvalue weighted by Gasteiger charge is 2.26. The van der Waals surface area contributed by atoms with Gasteiger partial charge >= 0.3 is 0 Å². The van der Waals surface area contributed by atoms with Crippen molar-refractivity contribution in [1.29, 1.82) is 0 Å². The summed E-state index contributed by atoms with van der Waals surface area (Å²) < 4.78 is 10.6. The smallest absolute Gasteiger partial charge is 0.238 e. The van der Waals surface area contributed by atoms with Crippen LogP contribution >= 0.6 is 0 Å². The van der Waals surface area contributed by atoms with E-state index >= 15 is 0 Å². The molecule has 1 amide bonds. The first-order valence-electron chi connectivity index (χ1n) is 9.68. The van der Waals surface area contributed by atoms with Gasteiger partial charge in [0.05, 0.1) is 26.5 Å². The first kappa shape index (κ1) is 19.0. The molecule has 0 atom stereocenters. The Balaban J connectivity index is 1.48. The Morgan fingerprint density at radius 2 is 1.81 bits per heavy atom. The highest BCUT2D eigenvalue weighted by molar-refractivity contribution is 5.94. The van der Waals surface area contributed by atoms with Crippen molar-refractivity contribution < 1.29 is 14.3 Å². The number of nitrogens with one attached hydrogen (secondary N) is 1. The molecule has 0 spiro atoms. The molecule has 2 fully saturated rings. The summed E-state index contributed by atoms with van der Waals surface area (Å²) in [5.41, 5.74) is 0.653. The van der Waals surface area contributed by atoms with Crippen molar-refractivity contribution in [1.82, 2.24) is 9.80 Å². The van der Waals surface area contributed by atoms with E-state index in [1.54, 1.807) is 26.4 Å². The van der Waals surface area contributed by atoms with E-state index < -0.39 is 0 Å². The number of hydrogen-bond donors (Lipinski definition) is 1. The van der Waals surface area contributed by atoms with Gasteiger partial charge in [0.15, 0.2) is 0 Å². The summed E-state index contributed by atoms with van der Waals surface area (Å²) in [6.07, 6.45) is 6.38. The molecule has 0 bridgehead atoms. The van der Waals surface area contributed by atoms with Crippen LogP contribution in [0.3, 0.4) is 0 Å². The Morgan fingerprint density at radius 3 is 2.46 bits per heavy atom. The van der Waals surface area contributed by atoms with E-state index in [1.807, 2.05) is 6.07 Å². The lowest BCUT2D eigenvalue weighted by Gasteiger charge is -2.40. The molecule has 0 unspecified atom stereocenters. The highest BCUT2D eigenvalue weighted by Crippen LogP contribution is 2.29. The number of hydrogen-bond acceptors (Lipinski definition) is 5. The van der Waals surface area contributed by atoms with Crippen LogP contribution in [0.5, 0.6) is 11.5 Å². The number of likely N-dealkylation sites (tertiary alicyclic amines) is 2. The molecule has 144 valence electrons. The normalized spacial score (nSPS) is 19.9. The van der Waals surface area contributed by atoms with Gasteiger partial charge in [0, 0.05) is 25.2 Å². The molecule has 0 radical (unpaired) electrons. The summed E-state index contributed by atoms with van der Waals surface area (Å²) in [6.45, 7) is 4.91. The molecule has 3 rings (SSSR count). The Kier molecular flexibility index (Phi) is 6.74. The second-order valence-corrected chi connectivity index (χ2v) is 7.22. The van der Waals surface area contributed by atoms with Crippen LogP contribution in [0.25, 0.3) is 0 Å². The third-order valence-electron chi connectivity index (χ3n) is 5.51. The summed E-state index contributed by atoms with van der Waals surface area (Å²) >= 11 is 0. The molecule has 26 heavy (non-hydrogen) atoms. The fourth-order valence-corrected chi connectivity index (χ4v) is 4.03. The predicted octanol–water partition coefficient (Wildman–Crippen LogP) is 2.59. The SMILES string of the molecule is COc1ccc(OC)c(NC(=O)CN2CCC(N3CCCCC3)CC2)c1. The molecular formula is C20H31N3O3. The van der Waals surface area contributed by atoms with Gasteiger partial charge in [-0.2, -0.15) is 0 Å². The molecule has 1 aromatic carbocycles.